The molecule has 1 fully saturated rings. The highest BCUT2D eigenvalue weighted by atomic mass is 35.5. The van der Waals surface area contributed by atoms with Crippen molar-refractivity contribution < 1.29 is 32.8 Å². The van der Waals surface area contributed by atoms with Gasteiger partial charge in [0, 0.05) is 72.4 Å². The third-order valence-electron chi connectivity index (χ3n) is 10.4. The molecule has 4 aromatic rings. The minimum Gasteiger partial charge on any atom is -0.478 e. The van der Waals surface area contributed by atoms with Crippen molar-refractivity contribution in [3.05, 3.63) is 171 Å². The number of thioether (sulfide) groups is 1. The molecule has 2 heterocycles. The molecule has 1 aliphatic heterocycles. The summed E-state index contributed by atoms with van der Waals surface area (Å²) in [4.78, 5) is 35.4. The fourth-order valence-electron chi connectivity index (χ4n) is 7.52. The quantitative estimate of drug-likeness (QED) is 0.0488. The van der Waals surface area contributed by atoms with Gasteiger partial charge in [-0.3, -0.25) is 10.1 Å². The minimum absolute atomic E-state index is 0.000947. The van der Waals surface area contributed by atoms with Crippen LogP contribution in [0, 0.1) is 10.1 Å². The highest BCUT2D eigenvalue weighted by Gasteiger charge is 2.43. The van der Waals surface area contributed by atoms with Gasteiger partial charge in [0.05, 0.1) is 27.9 Å². The Balaban J connectivity index is 0.988. The number of carboxylic acid groups (broad SMARTS) is 1. The number of nitro groups is 1. The third kappa shape index (κ3) is 10.2. The molecule has 7 rings (SSSR count). The van der Waals surface area contributed by atoms with Gasteiger partial charge >= 0.3 is 12.1 Å². The molecule has 3 aromatic carbocycles. The topological polar surface area (TPSA) is 125 Å². The molecule has 2 aliphatic carbocycles. The molecule has 0 amide bonds. The first-order valence-electron chi connectivity index (χ1n) is 19.5. The molecule has 3 N–H and O–H groups in total. The van der Waals surface area contributed by atoms with Crippen LogP contribution in [0.2, 0.25) is 0 Å². The van der Waals surface area contributed by atoms with Crippen LogP contribution in [0.15, 0.2) is 148 Å². The highest BCUT2D eigenvalue weighted by Crippen LogP contribution is 2.45. The van der Waals surface area contributed by atoms with E-state index in [1.807, 2.05) is 60.7 Å². The van der Waals surface area contributed by atoms with Gasteiger partial charge in [-0.2, -0.15) is 13.2 Å². The van der Waals surface area contributed by atoms with Crippen LogP contribution < -0.4 is 20.6 Å². The lowest BCUT2D eigenvalue weighted by molar-refractivity contribution is -0.421. The average molecular weight is 871 g/mol. The molecule has 0 bridgehead atoms. The normalized spacial score (nSPS) is 15.7. The Hall–Kier alpha value is -6.32. The number of nitrogens with one attached hydrogen (secondary N) is 2. The molecule has 61 heavy (non-hydrogen) atoms. The minimum atomic E-state index is -4.92. The van der Waals surface area contributed by atoms with Crippen LogP contribution in [-0.4, -0.2) is 59.0 Å². The number of aromatic carboxylic acids is 1. The Morgan fingerprint density at radius 2 is 1.69 bits per heavy atom. The maximum atomic E-state index is 14.5. The Bertz CT molecular complexity index is 2470. The highest BCUT2D eigenvalue weighted by molar-refractivity contribution is 7.99. The van der Waals surface area contributed by atoms with Crippen molar-refractivity contribution in [1.29, 1.82) is 0 Å². The Morgan fingerprint density at radius 3 is 2.38 bits per heavy atom. The number of benzene rings is 3. The molecular weight excluding hydrogens is 829 g/mol. The lowest BCUT2D eigenvalue weighted by atomic mass is 9.95. The number of hydrogen-bond donors (Lipinski definition) is 3. The van der Waals surface area contributed by atoms with Crippen molar-refractivity contribution in [1.82, 2.24) is 9.88 Å². The summed E-state index contributed by atoms with van der Waals surface area (Å²) in [6.45, 7) is 3.03. The SMILES string of the molecule is Cn1c(C2=CC=C(Cl)C=CC2)c(-c2cccc(N3CCN(c4ccc(NOC5=CCC=C(NCCSc6ccccc6)C([N+](=O)[O-])=C5)cc4)CC3)c2)c(C(=O)O)c1C(F)(F)F. The van der Waals surface area contributed by atoms with Crippen molar-refractivity contribution in [3.63, 3.8) is 0 Å². The van der Waals surface area contributed by atoms with Crippen LogP contribution in [0.4, 0.5) is 30.2 Å². The van der Waals surface area contributed by atoms with Crippen LogP contribution in [0.3, 0.4) is 0 Å². The number of hydrogen-bond acceptors (Lipinski definition) is 9. The van der Waals surface area contributed by atoms with Crippen LogP contribution in [0.25, 0.3) is 16.7 Å². The molecule has 11 nitrogen and oxygen atoms in total. The maximum Gasteiger partial charge on any atom is 0.432 e. The zero-order chi connectivity index (χ0) is 43.1. The summed E-state index contributed by atoms with van der Waals surface area (Å²) < 4.78 is 44.5. The standard InChI is InChI=1S/C45H42ClF3N6O5S/c1-52-42(30-8-5-10-32(46)17-16-30)40(41(44(56)57)43(52)45(47,48)49)31-9-6-11-35(28-31)54-25-23-53(24-26-54)34-20-18-33(19-21-34)51-60-36-12-7-15-38(39(29-36)55(58)59)50-22-27-61-37-13-3-2-4-14-37/h2-6,9-21,28-29,50-51H,7-8,22-27H2,1H3,(H,56,57). The molecular formula is C45H42ClF3N6O5S. The summed E-state index contributed by atoms with van der Waals surface area (Å²) in [7, 11) is 1.24. The predicted molar refractivity (Wildman–Crippen MR) is 235 cm³/mol. The van der Waals surface area contributed by atoms with Crippen LogP contribution in [0.1, 0.15) is 34.6 Å². The predicted octanol–water partition coefficient (Wildman–Crippen LogP) is 10.3. The summed E-state index contributed by atoms with van der Waals surface area (Å²) >= 11 is 7.85. The number of allylic oxidation sites excluding steroid dienone is 9. The lowest BCUT2D eigenvalue weighted by Crippen LogP contribution is -2.46. The third-order valence-corrected chi connectivity index (χ3v) is 11.6. The summed E-state index contributed by atoms with van der Waals surface area (Å²) in [5.74, 6) is -0.617. The van der Waals surface area contributed by atoms with E-state index in [0.717, 1.165) is 26.6 Å². The summed E-state index contributed by atoms with van der Waals surface area (Å²) in [5, 5.41) is 25.8. The van der Waals surface area contributed by atoms with E-state index in [2.05, 4.69) is 20.6 Å². The van der Waals surface area contributed by atoms with Crippen molar-refractivity contribution >= 4 is 52.0 Å². The number of carbonyl (C=O) groups is 1. The molecule has 0 radical (unpaired) electrons. The van der Waals surface area contributed by atoms with E-state index in [0.29, 0.717) is 72.5 Å². The van der Waals surface area contributed by atoms with E-state index >= 15 is 0 Å². The van der Waals surface area contributed by atoms with Gasteiger partial charge in [-0.1, -0.05) is 60.2 Å². The Morgan fingerprint density at radius 1 is 0.967 bits per heavy atom. The molecule has 1 saturated heterocycles. The Kier molecular flexibility index (Phi) is 13.3. The number of nitrogens with zero attached hydrogens (tertiary/aromatic N) is 4. The van der Waals surface area contributed by atoms with E-state index in [1.165, 1.54) is 13.1 Å². The largest absolute Gasteiger partial charge is 0.478 e. The summed E-state index contributed by atoms with van der Waals surface area (Å²) in [5.41, 5.74) is 4.61. The van der Waals surface area contributed by atoms with E-state index < -0.39 is 28.3 Å². The molecule has 0 spiro atoms. The first kappa shape index (κ1) is 42.8. The number of piperazine rings is 1. The van der Waals surface area contributed by atoms with Gasteiger partial charge in [-0.25, -0.2) is 10.3 Å². The fraction of sp³-hybridized carbons (Fsp3) is 0.222. The van der Waals surface area contributed by atoms with E-state index in [9.17, 15) is 33.2 Å². The number of aromatic nitrogens is 1. The molecule has 0 saturated carbocycles. The second kappa shape index (κ2) is 18.9. The van der Waals surface area contributed by atoms with E-state index in [1.54, 1.807) is 66.4 Å². The maximum absolute atomic E-state index is 14.5. The summed E-state index contributed by atoms with van der Waals surface area (Å²) in [6, 6.07) is 24.5. The van der Waals surface area contributed by atoms with E-state index in [-0.39, 0.29) is 23.4 Å². The van der Waals surface area contributed by atoms with Gasteiger partial charge in [-0.15, -0.1) is 11.8 Å². The van der Waals surface area contributed by atoms with Gasteiger partial charge in [0.15, 0.2) is 5.76 Å². The second-order valence-electron chi connectivity index (χ2n) is 14.3. The molecule has 1 aromatic heterocycles. The molecule has 16 heteroatoms. The fourth-order valence-corrected chi connectivity index (χ4v) is 8.46. The van der Waals surface area contributed by atoms with Gasteiger partial charge in [0.1, 0.15) is 11.4 Å². The van der Waals surface area contributed by atoms with Crippen molar-refractivity contribution in [2.24, 2.45) is 7.05 Å². The van der Waals surface area contributed by atoms with E-state index in [4.69, 9.17) is 16.4 Å². The van der Waals surface area contributed by atoms with Crippen molar-refractivity contribution in [2.45, 2.75) is 23.9 Å². The van der Waals surface area contributed by atoms with Crippen molar-refractivity contribution in [3.8, 4) is 11.1 Å². The molecule has 0 atom stereocenters. The van der Waals surface area contributed by atoms with Gasteiger partial charge in [-0.05, 0) is 90.7 Å². The monoisotopic (exact) mass is 870 g/mol. The average Bonchev–Trinajstić information content (AvgIpc) is 3.35. The zero-order valence-electron chi connectivity index (χ0n) is 33.0. The first-order chi connectivity index (χ1) is 29.4. The first-order valence-corrected chi connectivity index (χ1v) is 20.8. The van der Waals surface area contributed by atoms with Crippen molar-refractivity contribution in [2.75, 3.05) is 53.8 Å². The van der Waals surface area contributed by atoms with Gasteiger partial charge in [0.25, 0.3) is 5.70 Å². The Labute approximate surface area is 359 Å². The second-order valence-corrected chi connectivity index (χ2v) is 15.9. The summed E-state index contributed by atoms with van der Waals surface area (Å²) in [6.07, 6.45) is 7.32. The lowest BCUT2D eigenvalue weighted by Gasteiger charge is -2.37. The molecule has 0 unspecified atom stereocenters. The van der Waals surface area contributed by atoms with Crippen LogP contribution in [-0.2, 0) is 18.1 Å². The van der Waals surface area contributed by atoms with Gasteiger partial charge < -0.3 is 29.6 Å². The molecule has 3 aliphatic rings. The zero-order valence-corrected chi connectivity index (χ0v) is 34.6. The number of alkyl halides is 3. The number of halogens is 4. The number of anilines is 3. The number of rotatable bonds is 14. The van der Waals surface area contributed by atoms with Crippen LogP contribution in [0.5, 0.6) is 0 Å². The van der Waals surface area contributed by atoms with Crippen LogP contribution >= 0.6 is 23.4 Å². The van der Waals surface area contributed by atoms with Gasteiger partial charge in [0.2, 0.25) is 0 Å². The molecule has 316 valence electrons. The smallest absolute Gasteiger partial charge is 0.432 e. The number of carboxylic acids is 1.